The molecule has 0 aromatic heterocycles. The van der Waals surface area contributed by atoms with E-state index in [9.17, 15) is 18.0 Å². The van der Waals surface area contributed by atoms with Crippen LogP contribution in [0.3, 0.4) is 0 Å². The first-order chi connectivity index (χ1) is 14.4. The van der Waals surface area contributed by atoms with E-state index >= 15 is 0 Å². The van der Waals surface area contributed by atoms with Crippen LogP contribution in [0.5, 0.6) is 5.75 Å². The molecule has 1 aromatic carbocycles. The van der Waals surface area contributed by atoms with E-state index in [4.69, 9.17) is 9.47 Å². The molecule has 0 bridgehead atoms. The zero-order chi connectivity index (χ0) is 23.8. The summed E-state index contributed by atoms with van der Waals surface area (Å²) < 4.78 is 48.8. The summed E-state index contributed by atoms with van der Waals surface area (Å²) in [4.78, 5) is 11.5. The standard InChI is InChI=1S/C25H33F3O3/c1-8-30-23(29)12-18(6)10-9-11-19(7)22-14-20(16(2)3)13-21(17(4)5)24(22)31-15-25(26,27)28/h9-14,16-17H,8,15H2,1-7H3/b10-9+,18-12+,19-11-. The van der Waals surface area contributed by atoms with E-state index in [2.05, 4.69) is 0 Å². The average molecular weight is 439 g/mol. The monoisotopic (exact) mass is 438 g/mol. The van der Waals surface area contributed by atoms with Crippen LogP contribution in [-0.4, -0.2) is 25.4 Å². The Balaban J connectivity index is 3.39. The maximum absolute atomic E-state index is 12.9. The van der Waals surface area contributed by atoms with Crippen molar-refractivity contribution in [3.63, 3.8) is 0 Å². The second-order valence-electron chi connectivity index (χ2n) is 8.05. The maximum Gasteiger partial charge on any atom is 0.422 e. The van der Waals surface area contributed by atoms with Gasteiger partial charge in [-0.15, -0.1) is 0 Å². The first-order valence-electron chi connectivity index (χ1n) is 10.4. The summed E-state index contributed by atoms with van der Waals surface area (Å²) in [6.45, 7) is 12.3. The molecule has 0 amide bonds. The van der Waals surface area contributed by atoms with Crippen molar-refractivity contribution in [3.8, 4) is 5.75 Å². The van der Waals surface area contributed by atoms with Crippen LogP contribution >= 0.6 is 0 Å². The SMILES string of the molecule is CCOC(=O)/C=C(C)/C=C/C=C(/C)c1cc(C(C)C)cc(C(C)C)c1OCC(F)(F)F. The second kappa shape index (κ2) is 11.8. The molecule has 0 aliphatic carbocycles. The second-order valence-corrected chi connectivity index (χ2v) is 8.05. The van der Waals surface area contributed by atoms with E-state index in [0.717, 1.165) is 16.7 Å². The number of hydrogen-bond acceptors (Lipinski definition) is 3. The lowest BCUT2D eigenvalue weighted by Crippen LogP contribution is -2.20. The maximum atomic E-state index is 12.9. The highest BCUT2D eigenvalue weighted by Crippen LogP contribution is 2.38. The molecular weight excluding hydrogens is 405 g/mol. The molecule has 0 aliphatic heterocycles. The van der Waals surface area contributed by atoms with Crippen LogP contribution in [0.15, 0.2) is 42.0 Å². The molecule has 1 aromatic rings. The summed E-state index contributed by atoms with van der Waals surface area (Å²) >= 11 is 0. The fourth-order valence-corrected chi connectivity index (χ4v) is 2.90. The van der Waals surface area contributed by atoms with Gasteiger partial charge < -0.3 is 9.47 Å². The van der Waals surface area contributed by atoms with E-state index in [1.165, 1.54) is 6.08 Å². The highest BCUT2D eigenvalue weighted by Gasteiger charge is 2.30. The van der Waals surface area contributed by atoms with Gasteiger partial charge in [0.05, 0.1) is 6.61 Å². The number of esters is 1. The summed E-state index contributed by atoms with van der Waals surface area (Å²) in [6.07, 6.45) is 2.26. The number of hydrogen-bond donors (Lipinski definition) is 0. The molecule has 0 spiro atoms. The number of carbonyl (C=O) groups excluding carboxylic acids is 1. The summed E-state index contributed by atoms with van der Waals surface area (Å²) in [6, 6.07) is 3.82. The van der Waals surface area contributed by atoms with Gasteiger partial charge in [-0.25, -0.2) is 4.79 Å². The van der Waals surface area contributed by atoms with E-state index in [0.29, 0.717) is 17.7 Å². The molecule has 0 radical (unpaired) electrons. The van der Waals surface area contributed by atoms with Crippen LogP contribution in [0.25, 0.3) is 5.57 Å². The fraction of sp³-hybridized carbons (Fsp3) is 0.480. The molecule has 1 rings (SSSR count). The smallest absolute Gasteiger partial charge is 0.422 e. The molecule has 0 saturated carbocycles. The first kappa shape index (κ1) is 26.5. The van der Waals surface area contributed by atoms with Gasteiger partial charge in [0.1, 0.15) is 5.75 Å². The van der Waals surface area contributed by atoms with Crippen molar-refractivity contribution in [2.75, 3.05) is 13.2 Å². The molecule has 0 saturated heterocycles. The lowest BCUT2D eigenvalue weighted by molar-refractivity contribution is -0.153. The van der Waals surface area contributed by atoms with Crippen molar-refractivity contribution in [2.45, 2.75) is 66.5 Å². The Morgan fingerprint density at radius 3 is 2.26 bits per heavy atom. The molecule has 0 atom stereocenters. The highest BCUT2D eigenvalue weighted by atomic mass is 19.4. The predicted octanol–water partition coefficient (Wildman–Crippen LogP) is 7.34. The Kier molecular flexibility index (Phi) is 10.1. The van der Waals surface area contributed by atoms with Crippen molar-refractivity contribution in [2.24, 2.45) is 0 Å². The molecule has 172 valence electrons. The molecule has 0 heterocycles. The fourth-order valence-electron chi connectivity index (χ4n) is 2.90. The first-order valence-corrected chi connectivity index (χ1v) is 10.4. The molecule has 6 heteroatoms. The number of rotatable bonds is 9. The number of benzene rings is 1. The number of alkyl halides is 3. The third kappa shape index (κ3) is 9.03. The van der Waals surface area contributed by atoms with Gasteiger partial charge in [-0.3, -0.25) is 0 Å². The van der Waals surface area contributed by atoms with Gasteiger partial charge in [-0.2, -0.15) is 13.2 Å². The Bertz CT molecular complexity index is 844. The third-order valence-electron chi connectivity index (χ3n) is 4.57. The van der Waals surface area contributed by atoms with Crippen LogP contribution < -0.4 is 4.74 Å². The van der Waals surface area contributed by atoms with Crippen LogP contribution in [0.1, 0.15) is 77.0 Å². The van der Waals surface area contributed by atoms with E-state index in [1.807, 2.05) is 46.8 Å². The van der Waals surface area contributed by atoms with Crippen LogP contribution in [0.4, 0.5) is 13.2 Å². The quantitative estimate of drug-likeness (QED) is 0.230. The Morgan fingerprint density at radius 2 is 1.74 bits per heavy atom. The van der Waals surface area contributed by atoms with Crippen LogP contribution in [0, 0.1) is 0 Å². The van der Waals surface area contributed by atoms with Gasteiger partial charge in [0.2, 0.25) is 0 Å². The topological polar surface area (TPSA) is 35.5 Å². The van der Waals surface area contributed by atoms with E-state index in [-0.39, 0.29) is 17.6 Å². The van der Waals surface area contributed by atoms with Crippen molar-refractivity contribution in [1.29, 1.82) is 0 Å². The third-order valence-corrected chi connectivity index (χ3v) is 4.57. The minimum atomic E-state index is -4.42. The van der Waals surface area contributed by atoms with Crippen molar-refractivity contribution in [3.05, 3.63) is 58.7 Å². The summed E-state index contributed by atoms with van der Waals surface area (Å²) in [5.41, 5.74) is 3.89. The van der Waals surface area contributed by atoms with Crippen molar-refractivity contribution < 1.29 is 27.4 Å². The number of halogens is 3. The van der Waals surface area contributed by atoms with Gasteiger partial charge in [0, 0.05) is 11.6 Å². The predicted molar refractivity (Wildman–Crippen MR) is 119 cm³/mol. The Hall–Kier alpha value is -2.50. The normalized spacial score (nSPS) is 13.4. The molecule has 31 heavy (non-hydrogen) atoms. The summed E-state index contributed by atoms with van der Waals surface area (Å²) in [5.74, 6) is 0.0573. The summed E-state index contributed by atoms with van der Waals surface area (Å²) in [5, 5.41) is 0. The minimum Gasteiger partial charge on any atom is -0.483 e. The number of carbonyl (C=O) groups is 1. The van der Waals surface area contributed by atoms with Crippen molar-refractivity contribution >= 4 is 11.5 Å². The average Bonchev–Trinajstić information content (AvgIpc) is 2.64. The molecule has 0 unspecified atom stereocenters. The molecule has 3 nitrogen and oxygen atoms in total. The zero-order valence-electron chi connectivity index (χ0n) is 19.4. The highest BCUT2D eigenvalue weighted by molar-refractivity contribution is 5.83. The Morgan fingerprint density at radius 1 is 1.10 bits per heavy atom. The van der Waals surface area contributed by atoms with Crippen molar-refractivity contribution in [1.82, 2.24) is 0 Å². The number of allylic oxidation sites excluding steroid dienone is 5. The van der Waals surface area contributed by atoms with Gasteiger partial charge >= 0.3 is 12.1 Å². The Labute approximate surface area is 183 Å². The van der Waals surface area contributed by atoms with Gasteiger partial charge in [-0.1, -0.05) is 52.0 Å². The van der Waals surface area contributed by atoms with Gasteiger partial charge in [0.25, 0.3) is 0 Å². The summed E-state index contributed by atoms with van der Waals surface area (Å²) in [7, 11) is 0. The molecule has 0 aliphatic rings. The van der Waals surface area contributed by atoms with E-state index < -0.39 is 18.8 Å². The van der Waals surface area contributed by atoms with Crippen LogP contribution in [0.2, 0.25) is 0 Å². The minimum absolute atomic E-state index is 0.00113. The largest absolute Gasteiger partial charge is 0.483 e. The lowest BCUT2D eigenvalue weighted by Gasteiger charge is -2.22. The molecular formula is C25H33F3O3. The van der Waals surface area contributed by atoms with Crippen LogP contribution in [-0.2, 0) is 9.53 Å². The molecule has 0 N–H and O–H groups in total. The lowest BCUT2D eigenvalue weighted by atomic mass is 9.89. The zero-order valence-corrected chi connectivity index (χ0v) is 19.4. The van der Waals surface area contributed by atoms with E-state index in [1.54, 1.807) is 32.1 Å². The van der Waals surface area contributed by atoms with Gasteiger partial charge in [0.15, 0.2) is 6.61 Å². The molecule has 0 fully saturated rings. The van der Waals surface area contributed by atoms with Gasteiger partial charge in [-0.05, 0) is 60.9 Å². The number of ether oxygens (including phenoxy) is 2.